The number of benzene rings is 1. The quantitative estimate of drug-likeness (QED) is 0.710. The molecule has 0 aliphatic rings. The SMILES string of the molecule is COc1ccc(C(=O)NCc2ccc(S(=O)(=O)N(C)C)s2)c(OC)c1OC. The molecular formula is C17H22N2O6S2. The molecule has 0 bridgehead atoms. The number of rotatable bonds is 8. The van der Waals surface area contributed by atoms with Gasteiger partial charge in [-0.2, -0.15) is 0 Å². The van der Waals surface area contributed by atoms with Gasteiger partial charge in [-0.15, -0.1) is 11.3 Å². The Balaban J connectivity index is 2.19. The maximum absolute atomic E-state index is 12.6. The second kappa shape index (κ2) is 8.59. The highest BCUT2D eigenvalue weighted by Crippen LogP contribution is 2.39. The number of methoxy groups -OCH3 is 3. The Morgan fingerprint density at radius 1 is 1.04 bits per heavy atom. The third-order valence-corrected chi connectivity index (χ3v) is 7.11. The summed E-state index contributed by atoms with van der Waals surface area (Å²) >= 11 is 1.11. The molecule has 0 spiro atoms. The van der Waals surface area contributed by atoms with Gasteiger partial charge in [0, 0.05) is 19.0 Å². The van der Waals surface area contributed by atoms with Crippen molar-refractivity contribution in [1.29, 1.82) is 0 Å². The molecule has 1 aromatic carbocycles. The molecule has 10 heteroatoms. The topological polar surface area (TPSA) is 94.2 Å². The summed E-state index contributed by atoms with van der Waals surface area (Å²) in [5, 5.41) is 2.76. The number of ether oxygens (including phenoxy) is 3. The van der Waals surface area contributed by atoms with Gasteiger partial charge in [0.1, 0.15) is 4.21 Å². The smallest absolute Gasteiger partial charge is 0.255 e. The Kier molecular flexibility index (Phi) is 6.68. The maximum Gasteiger partial charge on any atom is 0.255 e. The van der Waals surface area contributed by atoms with E-state index in [1.54, 1.807) is 18.2 Å². The Bertz CT molecular complexity index is 922. The number of sulfonamides is 1. The van der Waals surface area contributed by atoms with Crippen LogP contribution in [0.1, 0.15) is 15.2 Å². The van der Waals surface area contributed by atoms with Gasteiger partial charge in [-0.1, -0.05) is 0 Å². The van der Waals surface area contributed by atoms with Crippen molar-refractivity contribution in [2.24, 2.45) is 0 Å². The van der Waals surface area contributed by atoms with Crippen LogP contribution in [0.3, 0.4) is 0 Å². The summed E-state index contributed by atoms with van der Waals surface area (Å²) in [6, 6.07) is 6.39. The molecule has 1 N–H and O–H groups in total. The molecule has 2 rings (SSSR count). The molecule has 0 saturated heterocycles. The zero-order valence-electron chi connectivity index (χ0n) is 15.7. The molecule has 0 fully saturated rings. The summed E-state index contributed by atoms with van der Waals surface area (Å²) < 4.78 is 41.4. The molecule has 27 heavy (non-hydrogen) atoms. The van der Waals surface area contributed by atoms with Crippen molar-refractivity contribution in [3.05, 3.63) is 34.7 Å². The maximum atomic E-state index is 12.6. The summed E-state index contributed by atoms with van der Waals surface area (Å²) in [5.74, 6) is 0.653. The summed E-state index contributed by atoms with van der Waals surface area (Å²) in [6.45, 7) is 0.184. The highest BCUT2D eigenvalue weighted by atomic mass is 32.2. The van der Waals surface area contributed by atoms with Gasteiger partial charge in [0.05, 0.1) is 33.4 Å². The molecule has 0 atom stereocenters. The summed E-state index contributed by atoms with van der Waals surface area (Å²) in [6.07, 6.45) is 0. The monoisotopic (exact) mass is 414 g/mol. The van der Waals surface area contributed by atoms with E-state index < -0.39 is 10.0 Å². The highest BCUT2D eigenvalue weighted by Gasteiger charge is 2.22. The molecule has 1 amide bonds. The minimum absolute atomic E-state index is 0.184. The van der Waals surface area contributed by atoms with Gasteiger partial charge >= 0.3 is 0 Å². The number of nitrogens with zero attached hydrogens (tertiary/aromatic N) is 1. The number of amides is 1. The Morgan fingerprint density at radius 3 is 2.26 bits per heavy atom. The lowest BCUT2D eigenvalue weighted by molar-refractivity contribution is 0.0947. The highest BCUT2D eigenvalue weighted by molar-refractivity contribution is 7.91. The third kappa shape index (κ3) is 4.34. The minimum Gasteiger partial charge on any atom is -0.493 e. The van der Waals surface area contributed by atoms with Crippen LogP contribution >= 0.6 is 11.3 Å². The van der Waals surface area contributed by atoms with Crippen LogP contribution in [-0.4, -0.2) is 54.1 Å². The van der Waals surface area contributed by atoms with Crippen molar-refractivity contribution in [3.63, 3.8) is 0 Å². The van der Waals surface area contributed by atoms with Crippen molar-refractivity contribution in [1.82, 2.24) is 9.62 Å². The number of carbonyl (C=O) groups is 1. The number of hydrogen-bond acceptors (Lipinski definition) is 7. The number of hydrogen-bond donors (Lipinski definition) is 1. The van der Waals surface area contributed by atoms with Crippen molar-refractivity contribution < 1.29 is 27.4 Å². The van der Waals surface area contributed by atoms with Crippen LogP contribution in [0, 0.1) is 0 Å². The van der Waals surface area contributed by atoms with E-state index in [0.29, 0.717) is 16.4 Å². The first-order valence-corrected chi connectivity index (χ1v) is 10.1. The molecule has 148 valence electrons. The lowest BCUT2D eigenvalue weighted by Gasteiger charge is -2.15. The molecule has 0 radical (unpaired) electrons. The first kappa shape index (κ1) is 21.0. The molecule has 0 unspecified atom stereocenters. The summed E-state index contributed by atoms with van der Waals surface area (Å²) in [5.41, 5.74) is 0.285. The molecule has 1 aromatic heterocycles. The zero-order chi connectivity index (χ0) is 20.2. The molecule has 0 aliphatic heterocycles. The van der Waals surface area contributed by atoms with Crippen LogP contribution in [0.2, 0.25) is 0 Å². The minimum atomic E-state index is -3.49. The van der Waals surface area contributed by atoms with Gasteiger partial charge < -0.3 is 19.5 Å². The number of nitrogens with one attached hydrogen (secondary N) is 1. The Hall–Kier alpha value is -2.30. The van der Waals surface area contributed by atoms with Crippen molar-refractivity contribution in [3.8, 4) is 17.2 Å². The average molecular weight is 415 g/mol. The van der Waals surface area contributed by atoms with Gasteiger partial charge in [-0.05, 0) is 24.3 Å². The lowest BCUT2D eigenvalue weighted by Crippen LogP contribution is -2.23. The summed E-state index contributed by atoms with van der Waals surface area (Å²) in [7, 11) is 3.85. The van der Waals surface area contributed by atoms with E-state index >= 15 is 0 Å². The van der Waals surface area contributed by atoms with Crippen LogP contribution < -0.4 is 19.5 Å². The van der Waals surface area contributed by atoms with Crippen LogP contribution in [0.4, 0.5) is 0 Å². The average Bonchev–Trinajstić information content (AvgIpc) is 3.14. The van der Waals surface area contributed by atoms with Crippen molar-refractivity contribution >= 4 is 27.3 Å². The fraction of sp³-hybridized carbons (Fsp3) is 0.353. The Labute approximate surface area is 162 Å². The van der Waals surface area contributed by atoms with Gasteiger partial charge in [0.2, 0.25) is 5.75 Å². The van der Waals surface area contributed by atoms with E-state index in [4.69, 9.17) is 14.2 Å². The van der Waals surface area contributed by atoms with Gasteiger partial charge in [-0.25, -0.2) is 12.7 Å². The fourth-order valence-corrected chi connectivity index (χ4v) is 4.78. The van der Waals surface area contributed by atoms with Crippen LogP contribution in [-0.2, 0) is 16.6 Å². The normalized spacial score (nSPS) is 11.3. The second-order valence-corrected chi connectivity index (χ2v) is 9.12. The Morgan fingerprint density at radius 2 is 1.70 bits per heavy atom. The van der Waals surface area contributed by atoms with E-state index in [9.17, 15) is 13.2 Å². The molecule has 8 nitrogen and oxygen atoms in total. The third-order valence-electron chi connectivity index (χ3n) is 3.74. The fourth-order valence-electron chi connectivity index (χ4n) is 2.31. The van der Waals surface area contributed by atoms with Gasteiger partial charge in [-0.3, -0.25) is 4.79 Å². The van der Waals surface area contributed by atoms with Crippen LogP contribution in [0.5, 0.6) is 17.2 Å². The molecule has 0 aliphatic carbocycles. The van der Waals surface area contributed by atoms with Crippen molar-refractivity contribution in [2.45, 2.75) is 10.8 Å². The number of thiophene rings is 1. The molecule has 1 heterocycles. The molecule has 0 saturated carbocycles. The lowest BCUT2D eigenvalue weighted by atomic mass is 10.1. The second-order valence-electron chi connectivity index (χ2n) is 5.57. The van der Waals surface area contributed by atoms with E-state index in [2.05, 4.69) is 5.32 Å². The van der Waals surface area contributed by atoms with Gasteiger partial charge in [0.15, 0.2) is 11.5 Å². The van der Waals surface area contributed by atoms with Crippen molar-refractivity contribution in [2.75, 3.05) is 35.4 Å². The first-order chi connectivity index (χ1) is 12.8. The first-order valence-electron chi connectivity index (χ1n) is 7.84. The summed E-state index contributed by atoms with van der Waals surface area (Å²) in [4.78, 5) is 13.3. The van der Waals surface area contributed by atoms with Crippen LogP contribution in [0.15, 0.2) is 28.5 Å². The standard InChI is InChI=1S/C17H22N2O6S2/c1-19(2)27(21,22)14-9-6-11(26-14)10-18-17(20)12-7-8-13(23-3)16(25-5)15(12)24-4/h6-9H,10H2,1-5H3,(H,18,20). The van der Waals surface area contributed by atoms with E-state index in [1.165, 1.54) is 41.5 Å². The number of carbonyl (C=O) groups excluding carboxylic acids is 1. The van der Waals surface area contributed by atoms with E-state index in [1.807, 2.05) is 0 Å². The van der Waals surface area contributed by atoms with Crippen LogP contribution in [0.25, 0.3) is 0 Å². The van der Waals surface area contributed by atoms with E-state index in [-0.39, 0.29) is 28.0 Å². The van der Waals surface area contributed by atoms with E-state index in [0.717, 1.165) is 15.6 Å². The van der Waals surface area contributed by atoms with Gasteiger partial charge in [0.25, 0.3) is 15.9 Å². The largest absolute Gasteiger partial charge is 0.493 e. The zero-order valence-corrected chi connectivity index (χ0v) is 17.4. The molecule has 2 aromatic rings. The molecular weight excluding hydrogens is 392 g/mol. The predicted octanol–water partition coefficient (Wildman–Crippen LogP) is 1.95. The predicted molar refractivity (Wildman–Crippen MR) is 102 cm³/mol.